The third kappa shape index (κ3) is 5.53. The first-order valence-electron chi connectivity index (χ1n) is 10.2. The zero-order chi connectivity index (χ0) is 20.1. The molecule has 1 aliphatic carbocycles. The van der Waals surface area contributed by atoms with Crippen LogP contribution in [-0.2, 0) is 14.3 Å². The van der Waals surface area contributed by atoms with Crippen LogP contribution in [0, 0.1) is 11.8 Å². The lowest BCUT2D eigenvalue weighted by molar-refractivity contribution is -0.125. The van der Waals surface area contributed by atoms with Crippen LogP contribution in [0.15, 0.2) is 24.3 Å². The topological polar surface area (TPSA) is 87.9 Å². The van der Waals surface area contributed by atoms with Gasteiger partial charge in [-0.05, 0) is 48.9 Å². The predicted octanol–water partition coefficient (Wildman–Crippen LogP) is 1.68. The molecule has 3 rings (SSSR count). The van der Waals surface area contributed by atoms with Gasteiger partial charge < -0.3 is 20.7 Å². The molecule has 1 saturated heterocycles. The van der Waals surface area contributed by atoms with Gasteiger partial charge in [-0.15, -0.1) is 0 Å². The summed E-state index contributed by atoms with van der Waals surface area (Å²) in [4.78, 5) is 28.8. The van der Waals surface area contributed by atoms with Gasteiger partial charge in [0.15, 0.2) is 0 Å². The van der Waals surface area contributed by atoms with E-state index < -0.39 is 0 Å². The fourth-order valence-corrected chi connectivity index (χ4v) is 3.59. The van der Waals surface area contributed by atoms with Crippen molar-refractivity contribution in [2.45, 2.75) is 32.7 Å². The van der Waals surface area contributed by atoms with Gasteiger partial charge >= 0.3 is 0 Å². The van der Waals surface area contributed by atoms with Gasteiger partial charge in [0.1, 0.15) is 12.6 Å². The molecule has 28 heavy (non-hydrogen) atoms. The van der Waals surface area contributed by atoms with Crippen LogP contribution < -0.4 is 16.0 Å². The number of nitrogens with one attached hydrogen (secondary N) is 1. The smallest absolute Gasteiger partial charge is 0.253 e. The number of hydrogen-bond acceptors (Lipinski definition) is 5. The summed E-state index contributed by atoms with van der Waals surface area (Å²) in [5.74, 6) is 1.06. The van der Waals surface area contributed by atoms with E-state index in [-0.39, 0.29) is 24.5 Å². The minimum Gasteiger partial charge on any atom is -0.370 e. The molecule has 0 spiro atoms. The standard InChI is InChI=1S/C21H32N4O3/c1-15(2)12-24(13-16-3-4-16)19(11-22)21(27)23-17-5-7-18(8-6-17)25-9-10-28-14-20(25)26/h5-8,15-16,19H,3-4,9-14,22H2,1-2H3,(H,23,27)/t19-/m0/s1. The monoisotopic (exact) mass is 388 g/mol. The van der Waals surface area contributed by atoms with Gasteiger partial charge in [0, 0.05) is 37.6 Å². The lowest BCUT2D eigenvalue weighted by atomic mass is 10.1. The largest absolute Gasteiger partial charge is 0.370 e. The summed E-state index contributed by atoms with van der Waals surface area (Å²) in [6.07, 6.45) is 2.49. The van der Waals surface area contributed by atoms with Crippen molar-refractivity contribution in [2.75, 3.05) is 49.6 Å². The molecule has 0 unspecified atom stereocenters. The first-order valence-corrected chi connectivity index (χ1v) is 10.2. The van der Waals surface area contributed by atoms with Crippen LogP contribution in [-0.4, -0.2) is 62.1 Å². The highest BCUT2D eigenvalue weighted by molar-refractivity contribution is 5.97. The Morgan fingerprint density at radius 3 is 2.61 bits per heavy atom. The van der Waals surface area contributed by atoms with Crippen molar-refractivity contribution in [3.05, 3.63) is 24.3 Å². The molecule has 2 fully saturated rings. The zero-order valence-electron chi connectivity index (χ0n) is 16.9. The normalized spacial score (nSPS) is 18.6. The maximum atomic E-state index is 12.9. The molecule has 7 heteroatoms. The molecule has 1 saturated carbocycles. The van der Waals surface area contributed by atoms with Gasteiger partial charge in [0.2, 0.25) is 5.91 Å². The summed E-state index contributed by atoms with van der Waals surface area (Å²) < 4.78 is 5.17. The zero-order valence-corrected chi connectivity index (χ0v) is 16.9. The van der Waals surface area contributed by atoms with Gasteiger partial charge in [-0.2, -0.15) is 0 Å². The Labute approximate surface area is 167 Å². The summed E-state index contributed by atoms with van der Waals surface area (Å²) in [6.45, 7) is 7.62. The van der Waals surface area contributed by atoms with Gasteiger partial charge in [0.05, 0.1) is 6.61 Å². The Kier molecular flexibility index (Phi) is 7.04. The first kappa shape index (κ1) is 20.8. The van der Waals surface area contributed by atoms with Gasteiger partial charge in [-0.1, -0.05) is 13.8 Å². The highest BCUT2D eigenvalue weighted by atomic mass is 16.5. The second-order valence-electron chi connectivity index (χ2n) is 8.18. The van der Waals surface area contributed by atoms with Gasteiger partial charge in [0.25, 0.3) is 5.91 Å². The molecule has 0 bridgehead atoms. The van der Waals surface area contributed by atoms with E-state index in [9.17, 15) is 9.59 Å². The maximum absolute atomic E-state index is 12.9. The van der Waals surface area contributed by atoms with E-state index in [2.05, 4.69) is 24.1 Å². The van der Waals surface area contributed by atoms with Crippen LogP contribution >= 0.6 is 0 Å². The number of anilines is 2. The molecule has 1 aliphatic heterocycles. The van der Waals surface area contributed by atoms with Crippen molar-refractivity contribution in [1.82, 2.24) is 4.90 Å². The number of rotatable bonds is 9. The van der Waals surface area contributed by atoms with Crippen molar-refractivity contribution >= 4 is 23.2 Å². The number of amides is 2. The summed E-state index contributed by atoms with van der Waals surface area (Å²) >= 11 is 0. The Hall–Kier alpha value is -1.96. The molecular weight excluding hydrogens is 356 g/mol. The molecule has 1 aromatic rings. The lowest BCUT2D eigenvalue weighted by Gasteiger charge is -2.31. The summed E-state index contributed by atoms with van der Waals surface area (Å²) in [5.41, 5.74) is 7.51. The van der Waals surface area contributed by atoms with E-state index in [0.29, 0.717) is 37.2 Å². The highest BCUT2D eigenvalue weighted by Crippen LogP contribution is 2.30. The number of nitrogens with two attached hydrogens (primary N) is 1. The highest BCUT2D eigenvalue weighted by Gasteiger charge is 2.31. The van der Waals surface area contributed by atoms with Crippen LogP contribution in [0.1, 0.15) is 26.7 Å². The summed E-state index contributed by atoms with van der Waals surface area (Å²) in [6, 6.07) is 7.04. The summed E-state index contributed by atoms with van der Waals surface area (Å²) in [7, 11) is 0. The van der Waals surface area contributed by atoms with E-state index in [0.717, 1.165) is 18.8 Å². The Bertz CT molecular complexity index is 669. The van der Waals surface area contributed by atoms with E-state index in [1.807, 2.05) is 24.3 Å². The van der Waals surface area contributed by atoms with Crippen LogP contribution in [0.25, 0.3) is 0 Å². The Morgan fingerprint density at radius 1 is 1.32 bits per heavy atom. The number of carbonyl (C=O) groups is 2. The molecule has 7 nitrogen and oxygen atoms in total. The Balaban J connectivity index is 1.63. The molecule has 0 aromatic heterocycles. The third-order valence-electron chi connectivity index (χ3n) is 5.19. The average Bonchev–Trinajstić information content (AvgIpc) is 3.47. The van der Waals surface area contributed by atoms with E-state index in [1.54, 1.807) is 4.90 Å². The van der Waals surface area contributed by atoms with E-state index >= 15 is 0 Å². The minimum absolute atomic E-state index is 0.0457. The lowest BCUT2D eigenvalue weighted by Crippen LogP contribution is -2.50. The fourth-order valence-electron chi connectivity index (χ4n) is 3.59. The van der Waals surface area contributed by atoms with Crippen LogP contribution in [0.5, 0.6) is 0 Å². The Morgan fingerprint density at radius 2 is 2.04 bits per heavy atom. The second-order valence-corrected chi connectivity index (χ2v) is 8.18. The van der Waals surface area contributed by atoms with Gasteiger partial charge in [-0.3, -0.25) is 14.5 Å². The van der Waals surface area contributed by atoms with Crippen LogP contribution in [0.3, 0.4) is 0 Å². The molecule has 1 heterocycles. The van der Waals surface area contributed by atoms with Gasteiger partial charge in [-0.25, -0.2) is 0 Å². The van der Waals surface area contributed by atoms with Crippen LogP contribution in [0.4, 0.5) is 11.4 Å². The van der Waals surface area contributed by atoms with Crippen molar-refractivity contribution in [2.24, 2.45) is 17.6 Å². The number of hydrogen-bond donors (Lipinski definition) is 2. The number of ether oxygens (including phenoxy) is 1. The molecule has 1 aromatic carbocycles. The molecule has 0 radical (unpaired) electrons. The number of carbonyl (C=O) groups excluding carboxylic acids is 2. The third-order valence-corrected chi connectivity index (χ3v) is 5.19. The maximum Gasteiger partial charge on any atom is 0.253 e. The molecule has 2 amide bonds. The molecule has 154 valence electrons. The van der Waals surface area contributed by atoms with Crippen molar-refractivity contribution in [1.29, 1.82) is 0 Å². The van der Waals surface area contributed by atoms with Crippen LogP contribution in [0.2, 0.25) is 0 Å². The van der Waals surface area contributed by atoms with E-state index in [1.165, 1.54) is 12.8 Å². The van der Waals surface area contributed by atoms with E-state index in [4.69, 9.17) is 10.5 Å². The summed E-state index contributed by atoms with van der Waals surface area (Å²) in [5, 5.41) is 2.99. The second kappa shape index (κ2) is 9.49. The quantitative estimate of drug-likeness (QED) is 0.672. The van der Waals surface area contributed by atoms with Crippen molar-refractivity contribution in [3.8, 4) is 0 Å². The number of nitrogens with zero attached hydrogens (tertiary/aromatic N) is 2. The number of morpholine rings is 1. The van der Waals surface area contributed by atoms with Crippen molar-refractivity contribution < 1.29 is 14.3 Å². The molecule has 1 atom stereocenters. The molecular formula is C21H32N4O3. The molecule has 3 N–H and O–H groups in total. The number of benzene rings is 1. The molecule has 2 aliphatic rings. The average molecular weight is 389 g/mol. The first-order chi connectivity index (χ1) is 13.5. The minimum atomic E-state index is -0.330. The fraction of sp³-hybridized carbons (Fsp3) is 0.619. The predicted molar refractivity (Wildman–Crippen MR) is 110 cm³/mol. The van der Waals surface area contributed by atoms with Crippen molar-refractivity contribution in [3.63, 3.8) is 0 Å². The SMILES string of the molecule is CC(C)CN(CC1CC1)[C@@H](CN)C(=O)Nc1ccc(N2CCOCC2=O)cc1.